The lowest BCUT2D eigenvalue weighted by Gasteiger charge is -2.26. The third kappa shape index (κ3) is 2.28. The van der Waals surface area contributed by atoms with Gasteiger partial charge >= 0.3 is 0 Å². The number of halogens is 1. The van der Waals surface area contributed by atoms with E-state index in [0.717, 1.165) is 4.90 Å². The number of Topliss-reactive ketones (excluding diaryl/α,β-unsaturated/α-hetero) is 1. The van der Waals surface area contributed by atoms with Crippen LogP contribution in [0.5, 0.6) is 0 Å². The van der Waals surface area contributed by atoms with E-state index < -0.39 is 0 Å². The van der Waals surface area contributed by atoms with E-state index in [2.05, 4.69) is 0 Å². The molecule has 0 unspecified atom stereocenters. The van der Waals surface area contributed by atoms with E-state index in [1.165, 1.54) is 13.0 Å². The van der Waals surface area contributed by atoms with E-state index in [4.69, 9.17) is 4.74 Å². The molecule has 0 N–H and O–H groups in total. The third-order valence-electron chi connectivity index (χ3n) is 2.54. The van der Waals surface area contributed by atoms with Crippen molar-refractivity contribution in [1.82, 2.24) is 0 Å². The maximum absolute atomic E-state index is 13.4. The largest absolute Gasteiger partial charge is 0.379 e. The lowest BCUT2D eigenvalue weighted by molar-refractivity contribution is 0.0455. The quantitative estimate of drug-likeness (QED) is 0.760. The van der Waals surface area contributed by atoms with Gasteiger partial charge in [-0.1, -0.05) is 0 Å². The summed E-state index contributed by atoms with van der Waals surface area (Å²) in [7, 11) is 0. The summed E-state index contributed by atoms with van der Waals surface area (Å²) in [5.41, 5.74) is 1.05. The molecular formula is C12H13FO2S. The summed E-state index contributed by atoms with van der Waals surface area (Å²) in [6.45, 7) is 4.59. The SMILES string of the molecule is CC(=O)c1cc(F)c(C)cc1SC1COC1. The first kappa shape index (κ1) is 11.6. The first-order valence-electron chi connectivity index (χ1n) is 5.13. The van der Waals surface area contributed by atoms with E-state index in [0.29, 0.717) is 29.6 Å². The Morgan fingerprint density at radius 3 is 2.69 bits per heavy atom. The van der Waals surface area contributed by atoms with Gasteiger partial charge in [0.1, 0.15) is 5.82 Å². The standard InChI is InChI=1S/C12H13FO2S/c1-7-3-12(16-9-5-15-6-9)10(8(2)14)4-11(7)13/h3-4,9H,5-6H2,1-2H3. The molecule has 0 saturated carbocycles. The molecule has 0 aliphatic carbocycles. The highest BCUT2D eigenvalue weighted by Crippen LogP contribution is 2.32. The molecule has 4 heteroatoms. The van der Waals surface area contributed by atoms with Gasteiger partial charge in [0.05, 0.1) is 18.5 Å². The van der Waals surface area contributed by atoms with Crippen LogP contribution in [0.2, 0.25) is 0 Å². The molecule has 0 atom stereocenters. The minimum atomic E-state index is -0.320. The number of benzene rings is 1. The summed E-state index contributed by atoms with van der Waals surface area (Å²) in [5, 5.41) is 0.392. The molecule has 0 amide bonds. The Balaban J connectivity index is 2.32. The van der Waals surface area contributed by atoms with E-state index in [-0.39, 0.29) is 11.6 Å². The smallest absolute Gasteiger partial charge is 0.161 e. The van der Waals surface area contributed by atoms with Crippen molar-refractivity contribution in [2.75, 3.05) is 13.2 Å². The number of carbonyl (C=O) groups is 1. The maximum atomic E-state index is 13.4. The van der Waals surface area contributed by atoms with Crippen molar-refractivity contribution < 1.29 is 13.9 Å². The van der Waals surface area contributed by atoms with Gasteiger partial charge in [0.15, 0.2) is 5.78 Å². The lowest BCUT2D eigenvalue weighted by Crippen LogP contribution is -2.30. The molecule has 1 aliphatic heterocycles. The van der Waals surface area contributed by atoms with Crippen LogP contribution in [0.3, 0.4) is 0 Å². The topological polar surface area (TPSA) is 26.3 Å². The lowest BCUT2D eigenvalue weighted by atomic mass is 10.1. The number of ketones is 1. The van der Waals surface area contributed by atoms with Crippen LogP contribution in [-0.4, -0.2) is 24.2 Å². The van der Waals surface area contributed by atoms with Crippen molar-refractivity contribution >= 4 is 17.5 Å². The molecule has 86 valence electrons. The molecule has 0 aromatic heterocycles. The van der Waals surface area contributed by atoms with Crippen LogP contribution in [0.25, 0.3) is 0 Å². The molecular weight excluding hydrogens is 227 g/mol. The van der Waals surface area contributed by atoms with Crippen LogP contribution in [0.15, 0.2) is 17.0 Å². The Bertz CT molecular complexity index is 427. The summed E-state index contributed by atoms with van der Waals surface area (Å²) < 4.78 is 18.4. The van der Waals surface area contributed by atoms with Crippen molar-refractivity contribution in [2.45, 2.75) is 24.0 Å². The number of rotatable bonds is 3. The molecule has 1 fully saturated rings. The minimum absolute atomic E-state index is 0.0957. The minimum Gasteiger partial charge on any atom is -0.379 e. The average Bonchev–Trinajstić information content (AvgIpc) is 2.16. The monoisotopic (exact) mass is 240 g/mol. The van der Waals surface area contributed by atoms with Crippen LogP contribution in [0.1, 0.15) is 22.8 Å². The Labute approximate surface area is 98.2 Å². The normalized spacial score (nSPS) is 15.9. The van der Waals surface area contributed by atoms with Crippen LogP contribution < -0.4 is 0 Å². The van der Waals surface area contributed by atoms with Gasteiger partial charge in [-0.2, -0.15) is 0 Å². The van der Waals surface area contributed by atoms with Gasteiger partial charge < -0.3 is 4.74 Å². The van der Waals surface area contributed by atoms with Crippen LogP contribution in [0.4, 0.5) is 4.39 Å². The number of carbonyl (C=O) groups excluding carboxylic acids is 1. The first-order chi connectivity index (χ1) is 7.58. The van der Waals surface area contributed by atoms with Crippen molar-refractivity contribution in [3.05, 3.63) is 29.1 Å². The third-order valence-corrected chi connectivity index (χ3v) is 3.74. The first-order valence-corrected chi connectivity index (χ1v) is 6.01. The summed E-state index contributed by atoms with van der Waals surface area (Å²) in [4.78, 5) is 12.3. The van der Waals surface area contributed by atoms with Crippen LogP contribution >= 0.6 is 11.8 Å². The molecule has 1 aromatic carbocycles. The van der Waals surface area contributed by atoms with Gasteiger partial charge in [-0.25, -0.2) is 4.39 Å². The number of thioether (sulfide) groups is 1. The predicted molar refractivity (Wildman–Crippen MR) is 61.6 cm³/mol. The molecule has 0 spiro atoms. The fraction of sp³-hybridized carbons (Fsp3) is 0.417. The fourth-order valence-electron chi connectivity index (χ4n) is 1.49. The zero-order chi connectivity index (χ0) is 11.7. The Hall–Kier alpha value is -0.870. The highest BCUT2D eigenvalue weighted by Gasteiger charge is 2.22. The number of hydrogen-bond acceptors (Lipinski definition) is 3. The zero-order valence-electron chi connectivity index (χ0n) is 9.25. The van der Waals surface area contributed by atoms with Crippen molar-refractivity contribution in [3.8, 4) is 0 Å². The molecule has 1 saturated heterocycles. The van der Waals surface area contributed by atoms with Crippen molar-refractivity contribution in [1.29, 1.82) is 0 Å². The molecule has 2 rings (SSSR count). The van der Waals surface area contributed by atoms with Crippen LogP contribution in [0, 0.1) is 12.7 Å². The molecule has 2 nitrogen and oxygen atoms in total. The number of ether oxygens (including phenoxy) is 1. The number of hydrogen-bond donors (Lipinski definition) is 0. The Morgan fingerprint density at radius 1 is 1.50 bits per heavy atom. The van der Waals surface area contributed by atoms with Gasteiger partial charge in [0.2, 0.25) is 0 Å². The Morgan fingerprint density at radius 2 is 2.19 bits per heavy atom. The second kappa shape index (κ2) is 4.55. The van der Waals surface area contributed by atoms with E-state index in [9.17, 15) is 9.18 Å². The zero-order valence-corrected chi connectivity index (χ0v) is 10.1. The average molecular weight is 240 g/mol. The molecule has 16 heavy (non-hydrogen) atoms. The van der Waals surface area contributed by atoms with Gasteiger partial charge in [-0.3, -0.25) is 4.79 Å². The molecule has 1 heterocycles. The van der Waals surface area contributed by atoms with E-state index >= 15 is 0 Å². The molecule has 1 aliphatic rings. The summed E-state index contributed by atoms with van der Waals surface area (Å²) in [6.07, 6.45) is 0. The fourth-order valence-corrected chi connectivity index (χ4v) is 2.75. The van der Waals surface area contributed by atoms with E-state index in [1.54, 1.807) is 24.8 Å². The van der Waals surface area contributed by atoms with Crippen molar-refractivity contribution in [2.24, 2.45) is 0 Å². The predicted octanol–water partition coefficient (Wildman–Crippen LogP) is 2.83. The second-order valence-electron chi connectivity index (χ2n) is 3.93. The molecule has 1 aromatic rings. The molecule has 0 bridgehead atoms. The Kier molecular flexibility index (Phi) is 3.30. The number of aryl methyl sites for hydroxylation is 1. The highest BCUT2D eigenvalue weighted by molar-refractivity contribution is 8.00. The van der Waals surface area contributed by atoms with Gasteiger partial charge in [-0.15, -0.1) is 11.8 Å². The van der Waals surface area contributed by atoms with Gasteiger partial charge in [-0.05, 0) is 31.5 Å². The maximum Gasteiger partial charge on any atom is 0.161 e. The van der Waals surface area contributed by atoms with Gasteiger partial charge in [0.25, 0.3) is 0 Å². The van der Waals surface area contributed by atoms with Gasteiger partial charge in [0, 0.05) is 10.5 Å². The van der Waals surface area contributed by atoms with Crippen molar-refractivity contribution in [3.63, 3.8) is 0 Å². The second-order valence-corrected chi connectivity index (χ2v) is 5.27. The highest BCUT2D eigenvalue weighted by atomic mass is 32.2. The van der Waals surface area contributed by atoms with E-state index in [1.807, 2.05) is 0 Å². The summed E-state index contributed by atoms with van der Waals surface area (Å²) in [6, 6.07) is 3.08. The molecule has 0 radical (unpaired) electrons. The summed E-state index contributed by atoms with van der Waals surface area (Å²) in [5.74, 6) is -0.416. The van der Waals surface area contributed by atoms with Crippen LogP contribution in [-0.2, 0) is 4.74 Å². The summed E-state index contributed by atoms with van der Waals surface area (Å²) >= 11 is 1.60.